The summed E-state index contributed by atoms with van der Waals surface area (Å²) in [6, 6.07) is 0. The molecule has 0 bridgehead atoms. The third-order valence-electron chi connectivity index (χ3n) is 3.09. The Kier molecular flexibility index (Phi) is 25.2. The van der Waals surface area contributed by atoms with Gasteiger partial charge in [-0.05, 0) is 6.42 Å². The van der Waals surface area contributed by atoms with Crippen LogP contribution >= 0.6 is 0 Å². The van der Waals surface area contributed by atoms with E-state index in [1.54, 1.807) is 7.11 Å². The molecule has 0 unspecified atom stereocenters. The second-order valence-electron chi connectivity index (χ2n) is 5.32. The maximum atomic E-state index is 11.8. The molecule has 0 heterocycles. The monoisotopic (exact) mass is 400 g/mol. The fourth-order valence-corrected chi connectivity index (χ4v) is 1.72. The Bertz CT molecular complexity index is 238. The second-order valence-corrected chi connectivity index (χ2v) is 5.32. The van der Waals surface area contributed by atoms with Gasteiger partial charge in [-0.1, -0.05) is 0 Å². The molecule has 0 aliphatic heterocycles. The molecule has 0 atom stereocenters. The van der Waals surface area contributed by atoms with Crippen LogP contribution in [0, 0.1) is 0 Å². The third kappa shape index (κ3) is 25.6. The first-order valence-electron chi connectivity index (χ1n) is 9.51. The van der Waals surface area contributed by atoms with E-state index in [1.807, 2.05) is 0 Å². The van der Waals surface area contributed by atoms with Crippen LogP contribution in [-0.4, -0.2) is 113 Å². The second kappa shape index (κ2) is 25.6. The smallest absolute Gasteiger partial charge is 0.0916 e. The van der Waals surface area contributed by atoms with Crippen LogP contribution < -0.4 is 0 Å². The first kappa shape index (κ1) is 26.6. The molecule has 9 heteroatoms. The molecular weight excluding hydrogens is 363 g/mol. The SMILES string of the molecule is COCCOCCOCCOCCOCCOCCOCCOCCCF. The zero-order valence-electron chi connectivity index (χ0n) is 16.7. The van der Waals surface area contributed by atoms with Gasteiger partial charge in [0.15, 0.2) is 0 Å². The first-order valence-corrected chi connectivity index (χ1v) is 9.51. The molecule has 0 spiro atoms. The van der Waals surface area contributed by atoms with Crippen LogP contribution in [0.1, 0.15) is 6.42 Å². The fraction of sp³-hybridized carbons (Fsp3) is 1.00. The van der Waals surface area contributed by atoms with Crippen molar-refractivity contribution in [3.63, 3.8) is 0 Å². The maximum absolute atomic E-state index is 11.8. The zero-order chi connectivity index (χ0) is 19.7. The lowest BCUT2D eigenvalue weighted by Crippen LogP contribution is -2.14. The third-order valence-corrected chi connectivity index (χ3v) is 3.09. The van der Waals surface area contributed by atoms with Gasteiger partial charge in [0.2, 0.25) is 0 Å². The topological polar surface area (TPSA) is 73.8 Å². The molecule has 164 valence electrons. The number of alkyl halides is 1. The van der Waals surface area contributed by atoms with Gasteiger partial charge in [-0.15, -0.1) is 0 Å². The predicted molar refractivity (Wildman–Crippen MR) is 98.2 cm³/mol. The highest BCUT2D eigenvalue weighted by atomic mass is 19.1. The van der Waals surface area contributed by atoms with Crippen LogP contribution in [0.25, 0.3) is 0 Å². The van der Waals surface area contributed by atoms with Crippen molar-refractivity contribution in [2.45, 2.75) is 6.42 Å². The summed E-state index contributed by atoms with van der Waals surface area (Å²) < 4.78 is 53.9. The summed E-state index contributed by atoms with van der Waals surface area (Å²) in [5, 5.41) is 0. The maximum Gasteiger partial charge on any atom is 0.0916 e. The molecule has 0 N–H and O–H groups in total. The Hall–Kier alpha value is -0.390. The van der Waals surface area contributed by atoms with E-state index in [0.29, 0.717) is 106 Å². The summed E-state index contributed by atoms with van der Waals surface area (Å²) in [6.07, 6.45) is 0.438. The molecule has 0 fully saturated rings. The lowest BCUT2D eigenvalue weighted by Gasteiger charge is -2.08. The predicted octanol–water partition coefficient (Wildman–Crippen LogP) is 1.11. The highest BCUT2D eigenvalue weighted by Gasteiger charge is 1.94. The van der Waals surface area contributed by atoms with Crippen molar-refractivity contribution in [1.29, 1.82) is 0 Å². The van der Waals surface area contributed by atoms with E-state index in [-0.39, 0.29) is 6.67 Å². The van der Waals surface area contributed by atoms with E-state index >= 15 is 0 Å². The molecule has 8 nitrogen and oxygen atoms in total. The van der Waals surface area contributed by atoms with E-state index in [0.717, 1.165) is 0 Å². The van der Waals surface area contributed by atoms with Crippen LogP contribution in [0.3, 0.4) is 0 Å². The summed E-state index contributed by atoms with van der Waals surface area (Å²) in [5.41, 5.74) is 0. The van der Waals surface area contributed by atoms with Gasteiger partial charge in [-0.3, -0.25) is 4.39 Å². The van der Waals surface area contributed by atoms with E-state index < -0.39 is 0 Å². The number of hydrogen-bond acceptors (Lipinski definition) is 8. The molecule has 0 aromatic carbocycles. The van der Waals surface area contributed by atoms with Crippen molar-refractivity contribution < 1.29 is 42.3 Å². The standard InChI is InChI=1S/C18H37FO8/c1-20-5-6-22-9-10-24-13-14-26-17-18-27-16-15-25-12-11-23-8-7-21-4-2-3-19/h2-18H2,1H3. The van der Waals surface area contributed by atoms with Crippen molar-refractivity contribution in [1.82, 2.24) is 0 Å². The lowest BCUT2D eigenvalue weighted by molar-refractivity contribution is -0.0222. The van der Waals surface area contributed by atoms with E-state index in [1.165, 1.54) is 0 Å². The normalized spacial score (nSPS) is 11.3. The highest BCUT2D eigenvalue weighted by Crippen LogP contribution is 1.86. The highest BCUT2D eigenvalue weighted by molar-refractivity contribution is 4.37. The van der Waals surface area contributed by atoms with Crippen LogP contribution in [0.2, 0.25) is 0 Å². The Morgan fingerprint density at radius 3 is 0.926 bits per heavy atom. The van der Waals surface area contributed by atoms with Gasteiger partial charge in [0.1, 0.15) is 0 Å². The number of rotatable bonds is 24. The minimum atomic E-state index is -0.344. The van der Waals surface area contributed by atoms with Crippen molar-refractivity contribution in [2.75, 3.05) is 113 Å². The van der Waals surface area contributed by atoms with Crippen LogP contribution in [0.15, 0.2) is 0 Å². The summed E-state index contributed by atoms with van der Waals surface area (Å²) in [5.74, 6) is 0. The summed E-state index contributed by atoms with van der Waals surface area (Å²) >= 11 is 0. The van der Waals surface area contributed by atoms with Crippen molar-refractivity contribution in [3.8, 4) is 0 Å². The molecule has 0 amide bonds. The quantitative estimate of drug-likeness (QED) is 0.223. The van der Waals surface area contributed by atoms with E-state index in [2.05, 4.69) is 0 Å². The molecule has 0 saturated carbocycles. The minimum absolute atomic E-state index is 0.344. The number of ether oxygens (including phenoxy) is 8. The molecule has 0 aliphatic rings. The molecule has 0 rings (SSSR count). The Morgan fingerprint density at radius 2 is 0.667 bits per heavy atom. The minimum Gasteiger partial charge on any atom is -0.382 e. The summed E-state index contributed by atoms with van der Waals surface area (Å²) in [7, 11) is 1.64. The summed E-state index contributed by atoms with van der Waals surface area (Å²) in [4.78, 5) is 0. The molecule has 27 heavy (non-hydrogen) atoms. The van der Waals surface area contributed by atoms with Gasteiger partial charge in [0.25, 0.3) is 0 Å². The van der Waals surface area contributed by atoms with Gasteiger partial charge in [0, 0.05) is 13.7 Å². The molecule has 0 radical (unpaired) electrons. The molecule has 0 aliphatic carbocycles. The van der Waals surface area contributed by atoms with Crippen LogP contribution in [0.5, 0.6) is 0 Å². The van der Waals surface area contributed by atoms with E-state index in [4.69, 9.17) is 37.9 Å². The largest absolute Gasteiger partial charge is 0.382 e. The molecule has 0 aromatic heterocycles. The van der Waals surface area contributed by atoms with Gasteiger partial charge >= 0.3 is 0 Å². The van der Waals surface area contributed by atoms with Crippen LogP contribution in [-0.2, 0) is 37.9 Å². The van der Waals surface area contributed by atoms with Crippen LogP contribution in [0.4, 0.5) is 4.39 Å². The zero-order valence-corrected chi connectivity index (χ0v) is 16.7. The number of methoxy groups -OCH3 is 1. The molecule has 0 saturated heterocycles. The van der Waals surface area contributed by atoms with Gasteiger partial charge in [-0.2, -0.15) is 0 Å². The summed E-state index contributed by atoms with van der Waals surface area (Å²) in [6.45, 7) is 7.55. The van der Waals surface area contributed by atoms with Crippen molar-refractivity contribution in [2.24, 2.45) is 0 Å². The average Bonchev–Trinajstić information content (AvgIpc) is 2.68. The van der Waals surface area contributed by atoms with E-state index in [9.17, 15) is 4.39 Å². The lowest BCUT2D eigenvalue weighted by atomic mass is 10.5. The van der Waals surface area contributed by atoms with Gasteiger partial charge in [-0.25, -0.2) is 0 Å². The number of hydrogen-bond donors (Lipinski definition) is 0. The molecule has 0 aromatic rings. The van der Waals surface area contributed by atoms with Crippen molar-refractivity contribution in [3.05, 3.63) is 0 Å². The Morgan fingerprint density at radius 1 is 0.407 bits per heavy atom. The molecular formula is C18H37FO8. The van der Waals surface area contributed by atoms with Crippen molar-refractivity contribution >= 4 is 0 Å². The van der Waals surface area contributed by atoms with Gasteiger partial charge in [0.05, 0.1) is 99.2 Å². The Balaban J connectivity index is 2.95. The average molecular weight is 400 g/mol. The first-order chi connectivity index (χ1) is 13.4. The van der Waals surface area contributed by atoms with Gasteiger partial charge < -0.3 is 37.9 Å². The number of halogens is 1. The Labute approximate surface area is 162 Å². The fourth-order valence-electron chi connectivity index (χ4n) is 1.72.